The average Bonchev–Trinajstić information content (AvgIpc) is 2.32. The maximum atomic E-state index is 5.67. The molecule has 82 valence electrons. The second-order valence-corrected chi connectivity index (χ2v) is 3.25. The summed E-state index contributed by atoms with van der Waals surface area (Å²) in [6.45, 7) is 0.404. The van der Waals surface area contributed by atoms with Crippen LogP contribution in [0.4, 0.5) is 11.5 Å². The summed E-state index contributed by atoms with van der Waals surface area (Å²) < 4.78 is 5.45. The van der Waals surface area contributed by atoms with Crippen molar-refractivity contribution in [1.82, 2.24) is 9.97 Å². The summed E-state index contributed by atoms with van der Waals surface area (Å²) in [4.78, 5) is 7.67. The normalized spacial score (nSPS) is 10.0. The number of aromatic nitrogens is 2. The number of benzene rings is 1. The van der Waals surface area contributed by atoms with E-state index in [0.717, 1.165) is 5.56 Å². The Morgan fingerprint density at radius 1 is 1.06 bits per heavy atom. The fourth-order valence-electron chi connectivity index (χ4n) is 1.23. The number of ether oxygens (including phenoxy) is 1. The van der Waals surface area contributed by atoms with Gasteiger partial charge in [0.1, 0.15) is 18.6 Å². The maximum Gasteiger partial charge on any atom is 0.242 e. The second kappa shape index (κ2) is 4.48. The van der Waals surface area contributed by atoms with E-state index < -0.39 is 0 Å². The van der Waals surface area contributed by atoms with Gasteiger partial charge in [-0.2, -0.15) is 4.98 Å². The lowest BCUT2D eigenvalue weighted by Gasteiger charge is -2.08. The summed E-state index contributed by atoms with van der Waals surface area (Å²) in [5, 5.41) is 0. The van der Waals surface area contributed by atoms with Gasteiger partial charge in [0.15, 0.2) is 5.82 Å². The molecule has 16 heavy (non-hydrogen) atoms. The molecular weight excluding hydrogens is 204 g/mol. The molecule has 0 spiro atoms. The van der Waals surface area contributed by atoms with E-state index in [1.165, 1.54) is 6.33 Å². The van der Waals surface area contributed by atoms with Crippen molar-refractivity contribution in [2.24, 2.45) is 0 Å². The summed E-state index contributed by atoms with van der Waals surface area (Å²) in [6, 6.07) is 9.74. The monoisotopic (exact) mass is 216 g/mol. The van der Waals surface area contributed by atoms with Gasteiger partial charge in [0, 0.05) is 0 Å². The van der Waals surface area contributed by atoms with E-state index in [0.29, 0.717) is 12.5 Å². The zero-order valence-electron chi connectivity index (χ0n) is 8.63. The molecule has 0 unspecified atom stereocenters. The Hall–Kier alpha value is -2.30. The van der Waals surface area contributed by atoms with Gasteiger partial charge in [-0.25, -0.2) is 4.98 Å². The van der Waals surface area contributed by atoms with Crippen molar-refractivity contribution in [1.29, 1.82) is 0 Å². The minimum Gasteiger partial charge on any atom is -0.471 e. The van der Waals surface area contributed by atoms with Crippen LogP contribution in [0.1, 0.15) is 5.56 Å². The Balaban J connectivity index is 2.08. The third kappa shape index (κ3) is 2.20. The van der Waals surface area contributed by atoms with Crippen molar-refractivity contribution in [2.75, 3.05) is 11.5 Å². The van der Waals surface area contributed by atoms with Crippen LogP contribution in [0.15, 0.2) is 36.7 Å². The highest BCUT2D eigenvalue weighted by atomic mass is 16.5. The van der Waals surface area contributed by atoms with Gasteiger partial charge in [0.05, 0.1) is 0 Å². The van der Waals surface area contributed by atoms with Gasteiger partial charge in [-0.05, 0) is 5.56 Å². The van der Waals surface area contributed by atoms with Gasteiger partial charge in [-0.15, -0.1) is 0 Å². The van der Waals surface area contributed by atoms with Gasteiger partial charge >= 0.3 is 0 Å². The quantitative estimate of drug-likeness (QED) is 0.805. The highest BCUT2D eigenvalue weighted by molar-refractivity contribution is 5.63. The molecule has 0 aliphatic carbocycles. The molecule has 5 heteroatoms. The van der Waals surface area contributed by atoms with Crippen molar-refractivity contribution in [3.05, 3.63) is 42.2 Å². The van der Waals surface area contributed by atoms with E-state index in [1.54, 1.807) is 0 Å². The van der Waals surface area contributed by atoms with E-state index in [1.807, 2.05) is 30.3 Å². The molecule has 1 aromatic carbocycles. The topological polar surface area (TPSA) is 87.0 Å². The van der Waals surface area contributed by atoms with Crippen molar-refractivity contribution in [3.8, 4) is 5.88 Å². The van der Waals surface area contributed by atoms with Crippen LogP contribution in [0.5, 0.6) is 5.88 Å². The number of hydrogen-bond acceptors (Lipinski definition) is 5. The zero-order chi connectivity index (χ0) is 11.4. The lowest BCUT2D eigenvalue weighted by atomic mass is 10.2. The molecule has 0 saturated carbocycles. The molecule has 0 saturated heterocycles. The number of hydrogen-bond donors (Lipinski definition) is 2. The smallest absolute Gasteiger partial charge is 0.242 e. The molecular formula is C11H12N4O. The molecule has 0 aliphatic rings. The maximum absolute atomic E-state index is 5.67. The van der Waals surface area contributed by atoms with Gasteiger partial charge in [0.25, 0.3) is 0 Å². The second-order valence-electron chi connectivity index (χ2n) is 3.25. The summed E-state index contributed by atoms with van der Waals surface area (Å²) in [6.07, 6.45) is 1.33. The van der Waals surface area contributed by atoms with Crippen LogP contribution in [0.25, 0.3) is 0 Å². The third-order valence-corrected chi connectivity index (χ3v) is 2.10. The van der Waals surface area contributed by atoms with Gasteiger partial charge < -0.3 is 16.2 Å². The molecule has 0 amide bonds. The van der Waals surface area contributed by atoms with Crippen LogP contribution in [0.2, 0.25) is 0 Å². The predicted molar refractivity (Wildman–Crippen MR) is 61.6 cm³/mol. The SMILES string of the molecule is Nc1ncnc(OCc2ccccc2)c1N. The summed E-state index contributed by atoms with van der Waals surface area (Å²) >= 11 is 0. The Morgan fingerprint density at radius 2 is 1.81 bits per heavy atom. The molecule has 0 atom stereocenters. The average molecular weight is 216 g/mol. The number of rotatable bonds is 3. The minimum atomic E-state index is 0.234. The summed E-state index contributed by atoms with van der Waals surface area (Å²) in [7, 11) is 0. The number of anilines is 2. The molecule has 1 heterocycles. The van der Waals surface area contributed by atoms with Gasteiger partial charge in [0.2, 0.25) is 5.88 Å². The highest BCUT2D eigenvalue weighted by Gasteiger charge is 2.06. The molecule has 0 aliphatic heterocycles. The Bertz CT molecular complexity index is 473. The number of nitrogen functional groups attached to an aromatic ring is 2. The largest absolute Gasteiger partial charge is 0.471 e. The van der Waals surface area contributed by atoms with Crippen molar-refractivity contribution >= 4 is 11.5 Å². The molecule has 1 aromatic heterocycles. The predicted octanol–water partition coefficient (Wildman–Crippen LogP) is 1.22. The van der Waals surface area contributed by atoms with Crippen LogP contribution in [0, 0.1) is 0 Å². The Kier molecular flexibility index (Phi) is 2.86. The molecule has 5 nitrogen and oxygen atoms in total. The zero-order valence-corrected chi connectivity index (χ0v) is 8.63. The highest BCUT2D eigenvalue weighted by Crippen LogP contribution is 2.22. The molecule has 0 fully saturated rings. The van der Waals surface area contributed by atoms with E-state index in [9.17, 15) is 0 Å². The van der Waals surface area contributed by atoms with Crippen LogP contribution in [-0.4, -0.2) is 9.97 Å². The lowest BCUT2D eigenvalue weighted by Crippen LogP contribution is -2.04. The van der Waals surface area contributed by atoms with E-state index in [2.05, 4.69) is 9.97 Å². The molecule has 0 bridgehead atoms. The van der Waals surface area contributed by atoms with E-state index in [4.69, 9.17) is 16.2 Å². The van der Waals surface area contributed by atoms with Crippen LogP contribution in [0.3, 0.4) is 0 Å². The first-order chi connectivity index (χ1) is 7.77. The van der Waals surface area contributed by atoms with Crippen LogP contribution < -0.4 is 16.2 Å². The minimum absolute atomic E-state index is 0.234. The molecule has 0 radical (unpaired) electrons. The van der Waals surface area contributed by atoms with Gasteiger partial charge in [-0.3, -0.25) is 0 Å². The first-order valence-electron chi connectivity index (χ1n) is 4.80. The fraction of sp³-hybridized carbons (Fsp3) is 0.0909. The number of nitrogens with zero attached hydrogens (tertiary/aromatic N) is 2. The molecule has 4 N–H and O–H groups in total. The Labute approximate surface area is 93.1 Å². The molecule has 2 aromatic rings. The summed E-state index contributed by atoms with van der Waals surface area (Å²) in [5.41, 5.74) is 12.5. The molecule has 2 rings (SSSR count). The van der Waals surface area contributed by atoms with Crippen molar-refractivity contribution in [3.63, 3.8) is 0 Å². The van der Waals surface area contributed by atoms with Crippen molar-refractivity contribution < 1.29 is 4.74 Å². The van der Waals surface area contributed by atoms with Crippen molar-refractivity contribution in [2.45, 2.75) is 6.61 Å². The van der Waals surface area contributed by atoms with E-state index >= 15 is 0 Å². The summed E-state index contributed by atoms with van der Waals surface area (Å²) in [5.74, 6) is 0.550. The fourth-order valence-corrected chi connectivity index (χ4v) is 1.23. The lowest BCUT2D eigenvalue weighted by molar-refractivity contribution is 0.295. The number of nitrogens with two attached hydrogens (primary N) is 2. The first-order valence-corrected chi connectivity index (χ1v) is 4.80. The standard InChI is InChI=1S/C11H12N4O/c12-9-10(13)14-7-15-11(9)16-6-8-4-2-1-3-5-8/h1-5,7H,6,12H2,(H2,13,14,15). The van der Waals surface area contributed by atoms with Crippen LogP contribution >= 0.6 is 0 Å². The first kappa shape index (κ1) is 10.2. The van der Waals surface area contributed by atoms with Gasteiger partial charge in [-0.1, -0.05) is 30.3 Å². The van der Waals surface area contributed by atoms with Crippen LogP contribution in [-0.2, 0) is 6.61 Å². The van der Waals surface area contributed by atoms with E-state index in [-0.39, 0.29) is 11.5 Å². The Morgan fingerprint density at radius 3 is 2.56 bits per heavy atom. The third-order valence-electron chi connectivity index (χ3n) is 2.10.